The quantitative estimate of drug-likeness (QED) is 0.905. The minimum absolute atomic E-state index is 0.0517. The SMILES string of the molecule is Cc1cc(C(=O)N2CCN(C(=O)c3cc(C)n(C4CC4)c3C)CC2)c(C)[nH]1. The molecule has 1 aliphatic carbocycles. The van der Waals surface area contributed by atoms with E-state index in [1.165, 1.54) is 18.5 Å². The van der Waals surface area contributed by atoms with Crippen LogP contribution in [0.3, 0.4) is 0 Å². The van der Waals surface area contributed by atoms with Gasteiger partial charge in [0.25, 0.3) is 11.8 Å². The van der Waals surface area contributed by atoms with E-state index in [1.807, 2.05) is 35.8 Å². The number of amides is 2. The fourth-order valence-corrected chi connectivity index (χ4v) is 4.29. The van der Waals surface area contributed by atoms with Crippen molar-refractivity contribution in [1.82, 2.24) is 19.4 Å². The lowest BCUT2D eigenvalue weighted by Gasteiger charge is -2.34. The molecule has 2 amide bonds. The molecular weight excluding hydrogens is 340 g/mol. The number of aryl methyl sites for hydroxylation is 3. The van der Waals surface area contributed by atoms with Gasteiger partial charge in [0.1, 0.15) is 0 Å². The molecule has 0 aromatic carbocycles. The van der Waals surface area contributed by atoms with Crippen molar-refractivity contribution in [2.75, 3.05) is 26.2 Å². The zero-order chi connectivity index (χ0) is 19.3. The van der Waals surface area contributed by atoms with E-state index < -0.39 is 0 Å². The van der Waals surface area contributed by atoms with Crippen LogP contribution in [-0.2, 0) is 0 Å². The first kappa shape index (κ1) is 17.9. The second-order valence-electron chi connectivity index (χ2n) is 7.96. The van der Waals surface area contributed by atoms with Crippen molar-refractivity contribution in [3.05, 3.63) is 46.0 Å². The number of carbonyl (C=O) groups is 2. The highest BCUT2D eigenvalue weighted by molar-refractivity contribution is 5.97. The Hall–Kier alpha value is -2.50. The number of aromatic amines is 1. The first-order valence-corrected chi connectivity index (χ1v) is 9.80. The molecule has 0 atom stereocenters. The van der Waals surface area contributed by atoms with Crippen LogP contribution in [0, 0.1) is 27.7 Å². The van der Waals surface area contributed by atoms with Crippen molar-refractivity contribution in [2.45, 2.75) is 46.6 Å². The number of piperazine rings is 1. The van der Waals surface area contributed by atoms with Gasteiger partial charge in [-0.25, -0.2) is 0 Å². The molecule has 0 radical (unpaired) electrons. The van der Waals surface area contributed by atoms with Gasteiger partial charge in [0.2, 0.25) is 0 Å². The van der Waals surface area contributed by atoms with Gasteiger partial charge in [-0.05, 0) is 52.7 Å². The molecule has 1 N–H and O–H groups in total. The summed E-state index contributed by atoms with van der Waals surface area (Å²) < 4.78 is 2.31. The number of H-pyrrole nitrogens is 1. The highest BCUT2D eigenvalue weighted by Gasteiger charge is 2.31. The zero-order valence-electron chi connectivity index (χ0n) is 16.6. The number of hydrogen-bond acceptors (Lipinski definition) is 2. The zero-order valence-corrected chi connectivity index (χ0v) is 16.6. The van der Waals surface area contributed by atoms with Gasteiger partial charge >= 0.3 is 0 Å². The lowest BCUT2D eigenvalue weighted by Crippen LogP contribution is -2.50. The van der Waals surface area contributed by atoms with Crippen LogP contribution in [0.5, 0.6) is 0 Å². The molecule has 2 aliphatic rings. The van der Waals surface area contributed by atoms with Crippen molar-refractivity contribution < 1.29 is 9.59 Å². The predicted octanol–water partition coefficient (Wildman–Crippen LogP) is 2.98. The lowest BCUT2D eigenvalue weighted by atomic mass is 10.1. The van der Waals surface area contributed by atoms with Crippen molar-refractivity contribution in [1.29, 1.82) is 0 Å². The maximum atomic E-state index is 13.0. The first-order valence-electron chi connectivity index (χ1n) is 9.80. The minimum Gasteiger partial charge on any atom is -0.362 e. The summed E-state index contributed by atoms with van der Waals surface area (Å²) in [6.45, 7) is 10.3. The van der Waals surface area contributed by atoms with E-state index in [9.17, 15) is 9.59 Å². The van der Waals surface area contributed by atoms with Gasteiger partial charge in [0.05, 0.1) is 11.1 Å². The van der Waals surface area contributed by atoms with Gasteiger partial charge < -0.3 is 19.4 Å². The Balaban J connectivity index is 1.43. The third-order valence-corrected chi connectivity index (χ3v) is 5.86. The van der Waals surface area contributed by atoms with E-state index in [1.54, 1.807) is 0 Å². The highest BCUT2D eigenvalue weighted by atomic mass is 16.2. The van der Waals surface area contributed by atoms with Crippen LogP contribution < -0.4 is 0 Å². The van der Waals surface area contributed by atoms with Crippen LogP contribution in [-0.4, -0.2) is 57.3 Å². The summed E-state index contributed by atoms with van der Waals surface area (Å²) in [5.41, 5.74) is 5.71. The van der Waals surface area contributed by atoms with Gasteiger partial charge in [-0.15, -0.1) is 0 Å². The van der Waals surface area contributed by atoms with Gasteiger partial charge in [-0.2, -0.15) is 0 Å². The van der Waals surface area contributed by atoms with Crippen molar-refractivity contribution in [3.8, 4) is 0 Å². The van der Waals surface area contributed by atoms with Crippen molar-refractivity contribution >= 4 is 11.8 Å². The average molecular weight is 368 g/mol. The Labute approximate surface area is 160 Å². The molecule has 0 bridgehead atoms. The monoisotopic (exact) mass is 368 g/mol. The summed E-state index contributed by atoms with van der Waals surface area (Å²) in [4.78, 5) is 32.7. The molecule has 0 spiro atoms. The molecule has 3 heterocycles. The summed E-state index contributed by atoms with van der Waals surface area (Å²) in [6.07, 6.45) is 2.42. The molecule has 2 fully saturated rings. The number of carbonyl (C=O) groups excluding carboxylic acids is 2. The largest absolute Gasteiger partial charge is 0.362 e. The fourth-order valence-electron chi connectivity index (χ4n) is 4.29. The molecule has 1 saturated heterocycles. The summed E-state index contributed by atoms with van der Waals surface area (Å²) in [6, 6.07) is 4.51. The number of nitrogens with zero attached hydrogens (tertiary/aromatic N) is 3. The number of nitrogens with one attached hydrogen (secondary N) is 1. The van der Waals surface area contributed by atoms with E-state index in [4.69, 9.17) is 0 Å². The number of aromatic nitrogens is 2. The Kier molecular flexibility index (Phi) is 4.36. The van der Waals surface area contributed by atoms with E-state index in [0.29, 0.717) is 32.2 Å². The molecule has 1 aliphatic heterocycles. The van der Waals surface area contributed by atoms with Crippen molar-refractivity contribution in [2.24, 2.45) is 0 Å². The molecule has 144 valence electrons. The molecule has 6 heteroatoms. The standard InChI is InChI=1S/C21H28N4O2/c1-13-11-18(15(3)22-13)20(26)23-7-9-24(10-8-23)21(27)19-12-14(2)25(16(19)4)17-5-6-17/h11-12,17,22H,5-10H2,1-4H3. The maximum absolute atomic E-state index is 13.0. The normalized spacial score (nSPS) is 17.5. The Bertz CT molecular complexity index is 896. The third-order valence-electron chi connectivity index (χ3n) is 5.86. The van der Waals surface area contributed by atoms with E-state index in [2.05, 4.69) is 23.4 Å². The van der Waals surface area contributed by atoms with Crippen LogP contribution in [0.1, 0.15) is 62.4 Å². The summed E-state index contributed by atoms with van der Waals surface area (Å²) in [5.74, 6) is 0.145. The van der Waals surface area contributed by atoms with Gasteiger partial charge in [-0.3, -0.25) is 9.59 Å². The first-order chi connectivity index (χ1) is 12.9. The van der Waals surface area contributed by atoms with Gasteiger partial charge in [0, 0.05) is 55.0 Å². The van der Waals surface area contributed by atoms with Crippen LogP contribution >= 0.6 is 0 Å². The Morgan fingerprint density at radius 1 is 0.889 bits per heavy atom. The Morgan fingerprint density at radius 2 is 1.44 bits per heavy atom. The molecule has 2 aromatic heterocycles. The van der Waals surface area contributed by atoms with Crippen LogP contribution in [0.2, 0.25) is 0 Å². The van der Waals surface area contributed by atoms with Crippen LogP contribution in [0.25, 0.3) is 0 Å². The number of rotatable bonds is 3. The number of hydrogen-bond donors (Lipinski definition) is 1. The summed E-state index contributed by atoms with van der Waals surface area (Å²) in [5, 5.41) is 0. The second kappa shape index (κ2) is 6.59. The predicted molar refractivity (Wildman–Crippen MR) is 104 cm³/mol. The van der Waals surface area contributed by atoms with Gasteiger partial charge in [0.15, 0.2) is 0 Å². The average Bonchev–Trinajstić information content (AvgIpc) is 3.35. The molecular formula is C21H28N4O2. The van der Waals surface area contributed by atoms with Crippen molar-refractivity contribution in [3.63, 3.8) is 0 Å². The van der Waals surface area contributed by atoms with Crippen LogP contribution in [0.15, 0.2) is 12.1 Å². The van der Waals surface area contributed by atoms with E-state index in [0.717, 1.165) is 28.2 Å². The molecule has 1 saturated carbocycles. The molecule has 0 unspecified atom stereocenters. The Morgan fingerprint density at radius 3 is 1.93 bits per heavy atom. The maximum Gasteiger partial charge on any atom is 0.255 e. The summed E-state index contributed by atoms with van der Waals surface area (Å²) in [7, 11) is 0. The topological polar surface area (TPSA) is 61.3 Å². The lowest BCUT2D eigenvalue weighted by molar-refractivity contribution is 0.0534. The van der Waals surface area contributed by atoms with E-state index >= 15 is 0 Å². The fraction of sp³-hybridized carbons (Fsp3) is 0.524. The smallest absolute Gasteiger partial charge is 0.255 e. The van der Waals surface area contributed by atoms with E-state index in [-0.39, 0.29) is 11.8 Å². The van der Waals surface area contributed by atoms with Gasteiger partial charge in [-0.1, -0.05) is 0 Å². The molecule has 4 rings (SSSR count). The van der Waals surface area contributed by atoms with Crippen LogP contribution in [0.4, 0.5) is 0 Å². The molecule has 2 aromatic rings. The molecule has 27 heavy (non-hydrogen) atoms. The molecule has 6 nitrogen and oxygen atoms in total. The highest BCUT2D eigenvalue weighted by Crippen LogP contribution is 2.38. The summed E-state index contributed by atoms with van der Waals surface area (Å²) >= 11 is 0. The second-order valence-corrected chi connectivity index (χ2v) is 7.96. The third kappa shape index (κ3) is 3.17. The minimum atomic E-state index is 0.0517.